The largest absolute Gasteiger partial charge is 0.326 e. The van der Waals surface area contributed by atoms with Crippen LogP contribution in [0.25, 0.3) is 5.65 Å². The van der Waals surface area contributed by atoms with E-state index in [0.29, 0.717) is 6.54 Å². The van der Waals surface area contributed by atoms with E-state index in [0.717, 1.165) is 23.5 Å². The Bertz CT molecular complexity index is 715. The van der Waals surface area contributed by atoms with Gasteiger partial charge >= 0.3 is 0 Å². The van der Waals surface area contributed by atoms with Crippen molar-refractivity contribution >= 4 is 5.65 Å². The fourth-order valence-electron chi connectivity index (χ4n) is 2.23. The van der Waals surface area contributed by atoms with Gasteiger partial charge in [-0.15, -0.1) is 10.2 Å². The van der Waals surface area contributed by atoms with E-state index in [4.69, 9.17) is 5.73 Å². The van der Waals surface area contributed by atoms with Gasteiger partial charge in [0.1, 0.15) is 5.82 Å². The summed E-state index contributed by atoms with van der Waals surface area (Å²) in [6.45, 7) is 2.62. The molecule has 4 nitrogen and oxygen atoms in total. The molecule has 0 amide bonds. The van der Waals surface area contributed by atoms with E-state index in [2.05, 4.69) is 41.4 Å². The number of aryl methyl sites for hydroxylation is 1. The molecule has 96 valence electrons. The molecule has 3 rings (SSSR count). The van der Waals surface area contributed by atoms with Crippen LogP contribution in [0.2, 0.25) is 0 Å². The third-order valence-corrected chi connectivity index (χ3v) is 3.21. The molecule has 3 aromatic rings. The van der Waals surface area contributed by atoms with E-state index in [1.165, 1.54) is 11.1 Å². The van der Waals surface area contributed by atoms with E-state index in [1.54, 1.807) is 0 Å². The van der Waals surface area contributed by atoms with Gasteiger partial charge in [-0.25, -0.2) is 0 Å². The Morgan fingerprint density at radius 2 is 2.00 bits per heavy atom. The molecule has 2 heterocycles. The van der Waals surface area contributed by atoms with Crippen LogP contribution in [0.5, 0.6) is 0 Å². The molecule has 0 radical (unpaired) electrons. The van der Waals surface area contributed by atoms with Gasteiger partial charge in [0, 0.05) is 19.2 Å². The molecule has 0 bridgehead atoms. The molecule has 2 aromatic heterocycles. The highest BCUT2D eigenvalue weighted by Gasteiger charge is 2.06. The number of fused-ring (bicyclic) bond motifs is 1. The normalized spacial score (nSPS) is 11.1. The second kappa shape index (κ2) is 4.82. The lowest BCUT2D eigenvalue weighted by Gasteiger charge is -2.03. The molecule has 2 N–H and O–H groups in total. The smallest absolute Gasteiger partial charge is 0.160 e. The van der Waals surface area contributed by atoms with Gasteiger partial charge < -0.3 is 5.73 Å². The zero-order chi connectivity index (χ0) is 13.2. The minimum absolute atomic E-state index is 0.526. The van der Waals surface area contributed by atoms with Crippen LogP contribution in [0, 0.1) is 6.92 Å². The third kappa shape index (κ3) is 2.35. The van der Waals surface area contributed by atoms with Gasteiger partial charge in [0.25, 0.3) is 0 Å². The number of hydrogen-bond acceptors (Lipinski definition) is 3. The molecule has 0 spiro atoms. The van der Waals surface area contributed by atoms with Crippen molar-refractivity contribution in [1.29, 1.82) is 0 Å². The highest BCUT2D eigenvalue weighted by Crippen LogP contribution is 2.12. The van der Waals surface area contributed by atoms with Gasteiger partial charge in [-0.3, -0.25) is 4.40 Å². The van der Waals surface area contributed by atoms with Crippen LogP contribution in [0.4, 0.5) is 0 Å². The molecule has 19 heavy (non-hydrogen) atoms. The van der Waals surface area contributed by atoms with Crippen molar-refractivity contribution in [2.45, 2.75) is 19.9 Å². The Kier molecular flexibility index (Phi) is 3.01. The number of nitrogens with two attached hydrogens (primary N) is 1. The fourth-order valence-corrected chi connectivity index (χ4v) is 2.23. The molecule has 0 saturated carbocycles. The van der Waals surface area contributed by atoms with Crippen molar-refractivity contribution in [3.63, 3.8) is 0 Å². The first-order valence-corrected chi connectivity index (χ1v) is 6.34. The van der Waals surface area contributed by atoms with Crippen molar-refractivity contribution in [3.8, 4) is 0 Å². The number of nitrogens with zero attached hydrogens (tertiary/aromatic N) is 3. The summed E-state index contributed by atoms with van der Waals surface area (Å²) in [6.07, 6.45) is 2.79. The lowest BCUT2D eigenvalue weighted by Crippen LogP contribution is -2.01. The second-order valence-electron chi connectivity index (χ2n) is 4.75. The minimum Gasteiger partial charge on any atom is -0.326 e. The maximum absolute atomic E-state index is 5.68. The van der Waals surface area contributed by atoms with E-state index in [9.17, 15) is 0 Å². The first-order valence-electron chi connectivity index (χ1n) is 6.34. The predicted molar refractivity (Wildman–Crippen MR) is 74.9 cm³/mol. The van der Waals surface area contributed by atoms with E-state index in [-0.39, 0.29) is 0 Å². The Morgan fingerprint density at radius 1 is 1.11 bits per heavy atom. The number of hydrogen-bond donors (Lipinski definition) is 1. The van der Waals surface area contributed by atoms with Crippen molar-refractivity contribution in [2.75, 3.05) is 0 Å². The van der Waals surface area contributed by atoms with Crippen LogP contribution in [0.3, 0.4) is 0 Å². The van der Waals surface area contributed by atoms with Crippen LogP contribution in [0.1, 0.15) is 22.5 Å². The van der Waals surface area contributed by atoms with Gasteiger partial charge in [0.15, 0.2) is 5.65 Å². The predicted octanol–water partition coefficient (Wildman–Crippen LogP) is 2.09. The number of benzene rings is 1. The Labute approximate surface area is 111 Å². The van der Waals surface area contributed by atoms with Crippen LogP contribution < -0.4 is 5.73 Å². The van der Waals surface area contributed by atoms with Crippen LogP contribution >= 0.6 is 0 Å². The van der Waals surface area contributed by atoms with Crippen LogP contribution in [0.15, 0.2) is 42.6 Å². The summed E-state index contributed by atoms with van der Waals surface area (Å²) in [5.41, 5.74) is 10.1. The second-order valence-corrected chi connectivity index (χ2v) is 4.75. The summed E-state index contributed by atoms with van der Waals surface area (Å²) in [4.78, 5) is 0. The summed E-state index contributed by atoms with van der Waals surface area (Å²) in [5, 5.41) is 8.45. The van der Waals surface area contributed by atoms with Gasteiger partial charge in [-0.05, 0) is 24.1 Å². The zero-order valence-corrected chi connectivity index (χ0v) is 10.9. The van der Waals surface area contributed by atoms with Gasteiger partial charge in [-0.2, -0.15) is 0 Å². The monoisotopic (exact) mass is 252 g/mol. The molecule has 0 aliphatic rings. The molecule has 1 aromatic carbocycles. The number of aromatic nitrogens is 3. The standard InChI is InChI=1S/C15H16N4/c1-11-3-2-4-12(7-11)8-15-18-17-14-6-5-13(9-16)10-19(14)15/h2-7,10H,8-9,16H2,1H3. The average Bonchev–Trinajstić information content (AvgIpc) is 2.81. The molecular formula is C15H16N4. The van der Waals surface area contributed by atoms with E-state index < -0.39 is 0 Å². The number of rotatable bonds is 3. The van der Waals surface area contributed by atoms with Gasteiger partial charge in [0.2, 0.25) is 0 Å². The molecule has 0 fully saturated rings. The maximum Gasteiger partial charge on any atom is 0.160 e. The van der Waals surface area contributed by atoms with Crippen LogP contribution in [-0.2, 0) is 13.0 Å². The van der Waals surface area contributed by atoms with E-state index in [1.807, 2.05) is 22.7 Å². The molecule has 0 unspecified atom stereocenters. The summed E-state index contributed by atoms with van der Waals surface area (Å²) < 4.78 is 2.02. The Morgan fingerprint density at radius 3 is 2.79 bits per heavy atom. The Balaban J connectivity index is 2.00. The average molecular weight is 252 g/mol. The van der Waals surface area contributed by atoms with Crippen molar-refractivity contribution < 1.29 is 0 Å². The summed E-state index contributed by atoms with van der Waals surface area (Å²) in [5.74, 6) is 0.941. The first-order chi connectivity index (χ1) is 9.26. The lowest BCUT2D eigenvalue weighted by molar-refractivity contribution is 0.921. The summed E-state index contributed by atoms with van der Waals surface area (Å²) >= 11 is 0. The highest BCUT2D eigenvalue weighted by atomic mass is 15.2. The van der Waals surface area contributed by atoms with Crippen LogP contribution in [-0.4, -0.2) is 14.6 Å². The van der Waals surface area contributed by atoms with Crippen molar-refractivity contribution in [1.82, 2.24) is 14.6 Å². The SMILES string of the molecule is Cc1cccc(Cc2nnc3ccc(CN)cn23)c1. The molecule has 4 heteroatoms. The molecule has 0 saturated heterocycles. The minimum atomic E-state index is 0.526. The first kappa shape index (κ1) is 11.9. The van der Waals surface area contributed by atoms with Crippen molar-refractivity contribution in [2.24, 2.45) is 5.73 Å². The van der Waals surface area contributed by atoms with E-state index >= 15 is 0 Å². The summed E-state index contributed by atoms with van der Waals surface area (Å²) in [7, 11) is 0. The summed E-state index contributed by atoms with van der Waals surface area (Å²) in [6, 6.07) is 12.4. The van der Waals surface area contributed by atoms with Crippen molar-refractivity contribution in [3.05, 3.63) is 65.1 Å². The molecule has 0 aliphatic heterocycles. The van der Waals surface area contributed by atoms with Gasteiger partial charge in [-0.1, -0.05) is 35.9 Å². The third-order valence-electron chi connectivity index (χ3n) is 3.21. The lowest BCUT2D eigenvalue weighted by atomic mass is 10.1. The number of pyridine rings is 1. The fraction of sp³-hybridized carbons (Fsp3) is 0.200. The van der Waals surface area contributed by atoms with Gasteiger partial charge in [0.05, 0.1) is 0 Å². The molecule has 0 aliphatic carbocycles. The quantitative estimate of drug-likeness (QED) is 0.776. The molecular weight excluding hydrogens is 236 g/mol. The topological polar surface area (TPSA) is 56.2 Å². The molecule has 0 atom stereocenters. The Hall–Kier alpha value is -2.20. The zero-order valence-electron chi connectivity index (χ0n) is 10.9. The highest BCUT2D eigenvalue weighted by molar-refractivity contribution is 5.40. The maximum atomic E-state index is 5.68.